The second-order valence-electron chi connectivity index (χ2n) is 22.1. The Morgan fingerprint density at radius 2 is 0.768 bits per heavy atom. The molecule has 0 spiro atoms. The quantitative estimate of drug-likeness (QED) is 0.0842. The van der Waals surface area contributed by atoms with Gasteiger partial charge in [-0.05, 0) is 111 Å². The van der Waals surface area contributed by atoms with Crippen LogP contribution in [0.1, 0.15) is 38.2 Å². The summed E-state index contributed by atoms with van der Waals surface area (Å²) in [6, 6.07) is 107. The van der Waals surface area contributed by atoms with Gasteiger partial charge in [0.25, 0.3) is 6.71 Å². The van der Waals surface area contributed by atoms with Crippen LogP contribution in [0.3, 0.4) is 0 Å². The third kappa shape index (κ3) is 8.36. The monoisotopic (exact) mass is 1050 g/mol. The summed E-state index contributed by atoms with van der Waals surface area (Å²) in [5.74, 6) is 0. The van der Waals surface area contributed by atoms with E-state index in [9.17, 15) is 0 Å². The number of anilines is 6. The van der Waals surface area contributed by atoms with Crippen molar-refractivity contribution in [2.45, 2.75) is 39.0 Å². The van der Waals surface area contributed by atoms with Gasteiger partial charge >= 0.3 is 0 Å². The first-order valence-corrected chi connectivity index (χ1v) is 29.3. The summed E-state index contributed by atoms with van der Waals surface area (Å²) in [7, 11) is 0. The number of aromatic nitrogens is 1. The van der Waals surface area contributed by atoms with Crippen LogP contribution in [0.25, 0.3) is 83.1 Å². The number of rotatable bonds is 13. The van der Waals surface area contributed by atoms with Crippen LogP contribution >= 0.6 is 0 Å². The van der Waals surface area contributed by atoms with Crippen molar-refractivity contribution >= 4 is 79.0 Å². The molecule has 0 saturated carbocycles. The van der Waals surface area contributed by atoms with Gasteiger partial charge in [0.05, 0.1) is 22.4 Å². The van der Waals surface area contributed by atoms with Gasteiger partial charge in [-0.1, -0.05) is 269 Å². The van der Waals surface area contributed by atoms with Crippen molar-refractivity contribution in [2.24, 2.45) is 0 Å². The molecule has 0 saturated heterocycles. The number of unbranched alkanes of at least 4 members (excludes halogenated alkanes) is 3. The van der Waals surface area contributed by atoms with Crippen LogP contribution in [0.5, 0.6) is 0 Å². The lowest BCUT2D eigenvalue weighted by molar-refractivity contribution is 0.667. The summed E-state index contributed by atoms with van der Waals surface area (Å²) in [6.45, 7) is 2.17. The van der Waals surface area contributed by atoms with Gasteiger partial charge in [-0.15, -0.1) is 0 Å². The van der Waals surface area contributed by atoms with Crippen LogP contribution in [0.2, 0.25) is 0 Å². The molecule has 15 rings (SSSR count). The zero-order valence-electron chi connectivity index (χ0n) is 46.1. The van der Waals surface area contributed by atoms with Crippen molar-refractivity contribution < 1.29 is 0 Å². The number of hydrogen-bond acceptors (Lipinski definition) is 2. The number of fused-ring (bicyclic) bond motifs is 7. The average molecular weight is 1050 g/mol. The molecule has 0 bridgehead atoms. The van der Waals surface area contributed by atoms with E-state index in [2.05, 4.69) is 306 Å². The molecule has 0 fully saturated rings. The largest absolute Gasteiger partial charge is 0.310 e. The molecule has 12 aromatic carbocycles. The van der Waals surface area contributed by atoms with Crippen LogP contribution in [0, 0.1) is 0 Å². The number of benzene rings is 12. The molecule has 0 aliphatic carbocycles. The van der Waals surface area contributed by atoms with Gasteiger partial charge in [0.2, 0.25) is 0 Å². The van der Waals surface area contributed by atoms with Crippen molar-refractivity contribution in [3.8, 4) is 61.3 Å². The molecular formula is C78H60BN3. The normalized spacial score (nSPS) is 12.4. The highest BCUT2D eigenvalue weighted by Crippen LogP contribution is 2.53. The summed E-state index contributed by atoms with van der Waals surface area (Å²) in [4.78, 5) is 5.38. The molecule has 2 aliphatic rings. The van der Waals surface area contributed by atoms with Crippen molar-refractivity contribution in [1.29, 1.82) is 0 Å². The predicted molar refractivity (Wildman–Crippen MR) is 350 cm³/mol. The Balaban J connectivity index is 1.11. The highest BCUT2D eigenvalue weighted by molar-refractivity contribution is 7.00. The van der Waals surface area contributed by atoms with Gasteiger partial charge in [0.15, 0.2) is 0 Å². The fraction of sp³-hybridized carbons (Fsp3) is 0.0769. The maximum Gasteiger partial charge on any atom is 0.252 e. The third-order valence-corrected chi connectivity index (χ3v) is 17.2. The fourth-order valence-corrected chi connectivity index (χ4v) is 13.5. The summed E-state index contributed by atoms with van der Waals surface area (Å²) in [6.07, 6.45) is 5.64. The van der Waals surface area contributed by atoms with Crippen LogP contribution < -0.4 is 26.2 Å². The molecule has 13 aromatic rings. The maximum atomic E-state index is 2.70. The highest BCUT2D eigenvalue weighted by atomic mass is 15.2. The Bertz CT molecular complexity index is 4330. The molecule has 1 aromatic heterocycles. The minimum Gasteiger partial charge on any atom is -0.310 e. The second-order valence-corrected chi connectivity index (χ2v) is 22.1. The molecular weight excluding hydrogens is 990 g/mol. The molecule has 0 amide bonds. The van der Waals surface area contributed by atoms with E-state index in [4.69, 9.17) is 0 Å². The van der Waals surface area contributed by atoms with Gasteiger partial charge in [0, 0.05) is 61.5 Å². The summed E-state index contributed by atoms with van der Waals surface area (Å²) >= 11 is 0. The maximum absolute atomic E-state index is 2.70. The molecule has 390 valence electrons. The van der Waals surface area contributed by atoms with Gasteiger partial charge in [-0.3, -0.25) is 0 Å². The zero-order valence-corrected chi connectivity index (χ0v) is 46.1. The van der Waals surface area contributed by atoms with Gasteiger partial charge < -0.3 is 14.4 Å². The number of aryl methyl sites for hydroxylation is 1. The average Bonchev–Trinajstić information content (AvgIpc) is 2.16. The van der Waals surface area contributed by atoms with Crippen molar-refractivity contribution in [3.05, 3.63) is 291 Å². The van der Waals surface area contributed by atoms with Crippen LogP contribution in [-0.2, 0) is 6.42 Å². The Hall–Kier alpha value is -9.90. The fourth-order valence-electron chi connectivity index (χ4n) is 13.5. The standard InChI is InChI=1S/C78H60BN3/c1-2-3-4-10-27-54-50-74-76-75(51-54)82(78-64(58-34-17-8-18-35-58)42-26-43-65(78)59-36-19-9-20-37-59)73-53-61(80-70-44-23-21-38-66(70)67-39-22-24-45-71(67)80)47-48-68(73)79(76)69-52-60(55-28-11-5-12-29-55)46-49-72(69)81(74)77-62(56-30-13-6-14-31-56)40-25-41-63(77)57-32-15-7-16-33-57/h5-9,11-26,28-53H,2-4,10,27H2,1H3. The topological polar surface area (TPSA) is 11.4 Å². The molecule has 4 heteroatoms. The van der Waals surface area contributed by atoms with E-state index in [0.717, 1.165) is 24.2 Å². The lowest BCUT2D eigenvalue weighted by Crippen LogP contribution is -2.61. The molecule has 3 nitrogen and oxygen atoms in total. The molecule has 3 heterocycles. The third-order valence-electron chi connectivity index (χ3n) is 17.2. The smallest absolute Gasteiger partial charge is 0.252 e. The molecule has 2 aliphatic heterocycles. The van der Waals surface area contributed by atoms with E-state index in [1.165, 1.54) is 147 Å². The SMILES string of the molecule is CCCCCCc1cc2c3c(c1)N(c1c(-c4ccccc4)cccc1-c1ccccc1)c1cc(-n4c5ccccc5c5ccccc54)ccc1B3c1cc(-c3ccccc3)ccc1N2c1c(-c2ccccc2)cccc1-c1ccccc1. The minimum absolute atomic E-state index is 0.138. The van der Waals surface area contributed by atoms with Crippen molar-refractivity contribution in [1.82, 2.24) is 4.57 Å². The van der Waals surface area contributed by atoms with Crippen LogP contribution in [-0.4, -0.2) is 11.3 Å². The van der Waals surface area contributed by atoms with Gasteiger partial charge in [-0.25, -0.2) is 0 Å². The van der Waals surface area contributed by atoms with E-state index in [1.807, 2.05) is 0 Å². The van der Waals surface area contributed by atoms with Crippen LogP contribution in [0.15, 0.2) is 285 Å². The number of nitrogens with zero attached hydrogens (tertiary/aromatic N) is 3. The molecule has 0 radical (unpaired) electrons. The van der Waals surface area contributed by atoms with E-state index in [1.54, 1.807) is 0 Å². The molecule has 0 unspecified atom stereocenters. The van der Waals surface area contributed by atoms with Gasteiger partial charge in [-0.2, -0.15) is 0 Å². The van der Waals surface area contributed by atoms with Crippen molar-refractivity contribution in [3.63, 3.8) is 0 Å². The first-order valence-electron chi connectivity index (χ1n) is 29.3. The molecule has 0 atom stereocenters. The lowest BCUT2D eigenvalue weighted by Gasteiger charge is -2.46. The van der Waals surface area contributed by atoms with Crippen molar-refractivity contribution in [2.75, 3.05) is 9.80 Å². The number of hydrogen-bond donors (Lipinski definition) is 0. The van der Waals surface area contributed by atoms with E-state index in [-0.39, 0.29) is 6.71 Å². The van der Waals surface area contributed by atoms with E-state index < -0.39 is 0 Å². The van der Waals surface area contributed by atoms with Gasteiger partial charge in [0.1, 0.15) is 0 Å². The Kier molecular flexibility index (Phi) is 12.6. The molecule has 82 heavy (non-hydrogen) atoms. The summed E-state index contributed by atoms with van der Waals surface area (Å²) in [5, 5.41) is 2.49. The minimum atomic E-state index is -0.138. The Labute approximate surface area is 481 Å². The predicted octanol–water partition coefficient (Wildman–Crippen LogP) is 19.3. The first-order chi connectivity index (χ1) is 40.7. The lowest BCUT2D eigenvalue weighted by atomic mass is 9.33. The second kappa shape index (κ2) is 21.0. The van der Waals surface area contributed by atoms with Crippen LogP contribution in [0.4, 0.5) is 34.1 Å². The zero-order chi connectivity index (χ0) is 54.5. The van der Waals surface area contributed by atoms with E-state index >= 15 is 0 Å². The Morgan fingerprint density at radius 3 is 1.26 bits per heavy atom. The highest BCUT2D eigenvalue weighted by Gasteiger charge is 2.45. The summed E-state index contributed by atoms with van der Waals surface area (Å²) < 4.78 is 2.49. The van der Waals surface area contributed by atoms with E-state index in [0.29, 0.717) is 0 Å². The number of para-hydroxylation sites is 4. The Morgan fingerprint density at radius 1 is 0.317 bits per heavy atom. The first kappa shape index (κ1) is 49.2. The molecule has 0 N–H and O–H groups in total. The summed E-state index contributed by atoms with van der Waals surface area (Å²) in [5.41, 5.74) is 27.6.